The minimum absolute atomic E-state index is 0.176. The maximum absolute atomic E-state index is 13.4. The van der Waals surface area contributed by atoms with Crippen molar-refractivity contribution in [2.45, 2.75) is 31.7 Å². The zero-order valence-corrected chi connectivity index (χ0v) is 21.3. The van der Waals surface area contributed by atoms with Gasteiger partial charge in [0.1, 0.15) is 5.75 Å². The summed E-state index contributed by atoms with van der Waals surface area (Å²) in [7, 11) is -1.54. The van der Waals surface area contributed by atoms with Gasteiger partial charge >= 0.3 is 0 Å². The van der Waals surface area contributed by atoms with E-state index in [1.165, 1.54) is 4.31 Å². The average Bonchev–Trinajstić information content (AvgIpc) is 2.86. The summed E-state index contributed by atoms with van der Waals surface area (Å²) in [6.07, 6.45) is 0.508. The minimum atomic E-state index is -3.65. The van der Waals surface area contributed by atoms with Gasteiger partial charge in [0.2, 0.25) is 21.9 Å². The van der Waals surface area contributed by atoms with Crippen LogP contribution in [0, 0.1) is 13.8 Å². The summed E-state index contributed by atoms with van der Waals surface area (Å²) in [5, 5.41) is 0. The van der Waals surface area contributed by atoms with E-state index in [4.69, 9.17) is 14.7 Å². The molecule has 1 saturated heterocycles. The summed E-state index contributed by atoms with van der Waals surface area (Å²) in [5.41, 5.74) is 3.74. The van der Waals surface area contributed by atoms with Crippen molar-refractivity contribution < 1.29 is 13.2 Å². The number of rotatable bonds is 5. The summed E-state index contributed by atoms with van der Waals surface area (Å²) >= 11 is 0. The van der Waals surface area contributed by atoms with Gasteiger partial charge in [-0.25, -0.2) is 13.4 Å². The van der Waals surface area contributed by atoms with Crippen molar-refractivity contribution in [1.82, 2.24) is 19.2 Å². The van der Waals surface area contributed by atoms with Crippen LogP contribution in [0.5, 0.6) is 11.6 Å². The van der Waals surface area contributed by atoms with Crippen molar-refractivity contribution in [2.24, 2.45) is 0 Å². The molecule has 0 atom stereocenters. The molecule has 0 aliphatic carbocycles. The van der Waals surface area contributed by atoms with Gasteiger partial charge in [-0.3, -0.25) is 0 Å². The fraction of sp³-hybridized carbons (Fsp3) is 0.385. The highest BCUT2D eigenvalue weighted by Gasteiger charge is 2.32. The number of benzene rings is 2. The molecule has 0 amide bonds. The number of sulfonamides is 1. The zero-order chi connectivity index (χ0) is 24.6. The number of anilines is 1. The van der Waals surface area contributed by atoms with Crippen LogP contribution in [0.25, 0.3) is 0 Å². The van der Waals surface area contributed by atoms with Crippen LogP contribution in [0.4, 0.5) is 5.95 Å². The van der Waals surface area contributed by atoms with Crippen molar-refractivity contribution in [3.05, 3.63) is 70.9 Å². The summed E-state index contributed by atoms with van der Waals surface area (Å²) in [4.78, 5) is 14.4. The molecule has 3 heterocycles. The highest BCUT2D eigenvalue weighted by molar-refractivity contribution is 7.89. The van der Waals surface area contributed by atoms with E-state index in [9.17, 15) is 8.42 Å². The SMILES string of the molecule is Cc1ccc(Oc2nc(N3CCN(C)CC3)nc3c2CN(S(=O)(=O)c2ccc(C)cc2)CC3)cc1. The van der Waals surface area contributed by atoms with Crippen LogP contribution < -0.4 is 9.64 Å². The number of ether oxygens (including phenoxy) is 1. The van der Waals surface area contributed by atoms with Gasteiger partial charge in [-0.15, -0.1) is 0 Å². The molecule has 1 aromatic heterocycles. The number of nitrogens with zero attached hydrogens (tertiary/aromatic N) is 5. The number of hydrogen-bond acceptors (Lipinski definition) is 7. The number of piperazine rings is 1. The molecule has 0 N–H and O–H groups in total. The molecule has 2 aromatic carbocycles. The second kappa shape index (κ2) is 9.56. The molecule has 0 saturated carbocycles. The van der Waals surface area contributed by atoms with Crippen LogP contribution >= 0.6 is 0 Å². The van der Waals surface area contributed by atoms with Gasteiger partial charge in [-0.05, 0) is 45.2 Å². The molecule has 0 unspecified atom stereocenters. The van der Waals surface area contributed by atoms with Crippen LogP contribution in [0.15, 0.2) is 53.4 Å². The normalized spacial score (nSPS) is 17.3. The second-order valence-corrected chi connectivity index (χ2v) is 11.3. The zero-order valence-electron chi connectivity index (χ0n) is 20.4. The molecule has 2 aliphatic rings. The number of fused-ring (bicyclic) bond motifs is 1. The fourth-order valence-electron chi connectivity index (χ4n) is 4.36. The van der Waals surface area contributed by atoms with Gasteiger partial charge in [0.05, 0.1) is 16.2 Å². The molecule has 0 radical (unpaired) electrons. The summed E-state index contributed by atoms with van der Waals surface area (Å²) in [5.74, 6) is 1.74. The lowest BCUT2D eigenvalue weighted by atomic mass is 10.1. The van der Waals surface area contributed by atoms with Crippen LogP contribution in [0.3, 0.4) is 0 Å². The third-order valence-electron chi connectivity index (χ3n) is 6.66. The summed E-state index contributed by atoms with van der Waals surface area (Å²) < 4.78 is 34.5. The Balaban J connectivity index is 1.50. The first kappa shape index (κ1) is 23.7. The molecule has 5 rings (SSSR count). The molecule has 35 heavy (non-hydrogen) atoms. The van der Waals surface area contributed by atoms with Gasteiger partial charge in [0, 0.05) is 45.7 Å². The lowest BCUT2D eigenvalue weighted by Gasteiger charge is -2.34. The van der Waals surface area contributed by atoms with Gasteiger partial charge in [-0.2, -0.15) is 9.29 Å². The first-order chi connectivity index (χ1) is 16.8. The van der Waals surface area contributed by atoms with Crippen LogP contribution in [-0.4, -0.2) is 67.4 Å². The van der Waals surface area contributed by atoms with E-state index in [-0.39, 0.29) is 6.54 Å². The molecule has 8 nitrogen and oxygen atoms in total. The average molecular weight is 494 g/mol. The molecule has 0 spiro atoms. The van der Waals surface area contributed by atoms with Gasteiger partial charge < -0.3 is 14.5 Å². The molecule has 9 heteroatoms. The van der Waals surface area contributed by atoms with E-state index in [0.29, 0.717) is 35.4 Å². The number of aryl methyl sites for hydroxylation is 2. The quantitative estimate of drug-likeness (QED) is 0.539. The Kier molecular flexibility index (Phi) is 6.48. The van der Waals surface area contributed by atoms with E-state index in [1.54, 1.807) is 12.1 Å². The molecular formula is C26H31N5O3S. The molecule has 1 fully saturated rings. The van der Waals surface area contributed by atoms with Gasteiger partial charge in [0.25, 0.3) is 0 Å². The van der Waals surface area contributed by atoms with Crippen molar-refractivity contribution in [3.63, 3.8) is 0 Å². The van der Waals surface area contributed by atoms with E-state index in [0.717, 1.165) is 48.6 Å². The Bertz CT molecular complexity index is 1300. The second-order valence-electron chi connectivity index (χ2n) is 9.36. The predicted molar refractivity (Wildman–Crippen MR) is 135 cm³/mol. The predicted octanol–water partition coefficient (Wildman–Crippen LogP) is 3.38. The molecule has 2 aliphatic heterocycles. The fourth-order valence-corrected chi connectivity index (χ4v) is 5.77. The monoisotopic (exact) mass is 493 g/mol. The first-order valence-electron chi connectivity index (χ1n) is 11.9. The summed E-state index contributed by atoms with van der Waals surface area (Å²) in [6.45, 7) is 8.07. The highest BCUT2D eigenvalue weighted by Crippen LogP contribution is 2.33. The Labute approximate surface area is 207 Å². The van der Waals surface area contributed by atoms with E-state index < -0.39 is 10.0 Å². The van der Waals surface area contributed by atoms with Crippen molar-refractivity contribution >= 4 is 16.0 Å². The Hall–Kier alpha value is -3.01. The van der Waals surface area contributed by atoms with E-state index >= 15 is 0 Å². The highest BCUT2D eigenvalue weighted by atomic mass is 32.2. The molecule has 0 bridgehead atoms. The Morgan fingerprint density at radius 2 is 1.46 bits per heavy atom. The van der Waals surface area contributed by atoms with Gasteiger partial charge in [-0.1, -0.05) is 35.4 Å². The van der Waals surface area contributed by atoms with Crippen LogP contribution in [0.2, 0.25) is 0 Å². The largest absolute Gasteiger partial charge is 0.439 e. The van der Waals surface area contributed by atoms with Gasteiger partial charge in [0.15, 0.2) is 0 Å². The summed E-state index contributed by atoms with van der Waals surface area (Å²) in [6, 6.07) is 14.8. The maximum Gasteiger partial charge on any atom is 0.243 e. The number of likely N-dealkylation sites (N-methyl/N-ethyl adjacent to an activating group) is 1. The lowest BCUT2D eigenvalue weighted by Crippen LogP contribution is -2.45. The maximum atomic E-state index is 13.4. The lowest BCUT2D eigenvalue weighted by molar-refractivity contribution is 0.310. The topological polar surface area (TPSA) is 78.9 Å². The third kappa shape index (κ3) is 5.03. The Morgan fingerprint density at radius 3 is 2.11 bits per heavy atom. The van der Waals surface area contributed by atoms with Crippen molar-refractivity contribution in [2.75, 3.05) is 44.7 Å². The smallest absolute Gasteiger partial charge is 0.243 e. The van der Waals surface area contributed by atoms with Crippen molar-refractivity contribution in [3.8, 4) is 11.6 Å². The number of aromatic nitrogens is 2. The number of hydrogen-bond donors (Lipinski definition) is 0. The van der Waals surface area contributed by atoms with Crippen molar-refractivity contribution in [1.29, 1.82) is 0 Å². The molecule has 3 aromatic rings. The van der Waals surface area contributed by atoms with Crippen LogP contribution in [0.1, 0.15) is 22.4 Å². The standard InChI is InChI=1S/C26H31N5O3S/c1-19-4-8-21(9-5-19)34-25-23-18-31(35(32,33)22-10-6-20(2)7-11-22)13-12-24(23)27-26(28-25)30-16-14-29(3)15-17-30/h4-11H,12-18H2,1-3H3. The minimum Gasteiger partial charge on any atom is -0.439 e. The molecule has 184 valence electrons. The first-order valence-corrected chi connectivity index (χ1v) is 13.4. The Morgan fingerprint density at radius 1 is 0.829 bits per heavy atom. The van der Waals surface area contributed by atoms with E-state index in [2.05, 4.69) is 16.8 Å². The van der Waals surface area contributed by atoms with E-state index in [1.807, 2.05) is 50.2 Å². The molecular weight excluding hydrogens is 462 g/mol. The third-order valence-corrected chi connectivity index (χ3v) is 8.52. The van der Waals surface area contributed by atoms with Crippen LogP contribution in [-0.2, 0) is 23.0 Å².